The van der Waals surface area contributed by atoms with E-state index in [1.807, 2.05) is 0 Å². The first-order chi connectivity index (χ1) is 11.7. The molecule has 0 atom stereocenters. The van der Waals surface area contributed by atoms with Crippen LogP contribution in [-0.2, 0) is 30.1 Å². The van der Waals surface area contributed by atoms with Gasteiger partial charge in [0.2, 0.25) is 10.0 Å². The van der Waals surface area contributed by atoms with Crippen LogP contribution in [0.4, 0.5) is 5.69 Å². The summed E-state index contributed by atoms with van der Waals surface area (Å²) in [7, 11) is -2.49. The van der Waals surface area contributed by atoms with E-state index in [0.717, 1.165) is 0 Å². The monoisotopic (exact) mass is 369 g/mol. The third kappa shape index (κ3) is 4.78. The van der Waals surface area contributed by atoms with E-state index >= 15 is 0 Å². The zero-order chi connectivity index (χ0) is 18.6. The number of carbonyl (C=O) groups is 2. The first-order valence-electron chi connectivity index (χ1n) is 7.33. The van der Waals surface area contributed by atoms with Gasteiger partial charge in [-0.1, -0.05) is 12.1 Å². The van der Waals surface area contributed by atoms with Gasteiger partial charge < -0.3 is 20.1 Å². The van der Waals surface area contributed by atoms with Crippen LogP contribution in [0.5, 0.6) is 0 Å². The van der Waals surface area contributed by atoms with Gasteiger partial charge >= 0.3 is 5.97 Å². The van der Waals surface area contributed by atoms with Crippen molar-refractivity contribution >= 4 is 27.6 Å². The predicted octanol–water partition coefficient (Wildman–Crippen LogP) is -0.851. The van der Waals surface area contributed by atoms with Gasteiger partial charge in [0, 0.05) is 12.2 Å². The molecule has 1 aliphatic heterocycles. The van der Waals surface area contributed by atoms with Crippen molar-refractivity contribution < 1.29 is 27.9 Å². The Hall–Kier alpha value is -2.43. The molecule has 0 unspecified atom stereocenters. The molecule has 0 aromatic heterocycles. The fraction of sp³-hybridized carbons (Fsp3) is 0.333. The smallest absolute Gasteiger partial charge is 0.337 e. The lowest BCUT2D eigenvalue weighted by Crippen LogP contribution is -2.31. The molecule has 1 amide bonds. The summed E-state index contributed by atoms with van der Waals surface area (Å²) in [5.41, 5.74) is 1.04. The first-order valence-corrected chi connectivity index (χ1v) is 9.04. The highest BCUT2D eigenvalue weighted by atomic mass is 32.2. The number of sulfonamides is 1. The fourth-order valence-electron chi connectivity index (χ4n) is 2.46. The number of primary sulfonamides is 1. The molecule has 25 heavy (non-hydrogen) atoms. The maximum absolute atomic E-state index is 12.4. The molecule has 0 bridgehead atoms. The van der Waals surface area contributed by atoms with Crippen LogP contribution in [0, 0.1) is 0 Å². The minimum atomic E-state index is -3.69. The van der Waals surface area contributed by atoms with E-state index in [-0.39, 0.29) is 36.7 Å². The van der Waals surface area contributed by atoms with Gasteiger partial charge in [-0.25, -0.2) is 18.4 Å². The number of rotatable bonds is 7. The van der Waals surface area contributed by atoms with Crippen molar-refractivity contribution in [1.29, 1.82) is 0 Å². The number of nitrogens with two attached hydrogens (primary N) is 1. The number of hydrogen-bond acceptors (Lipinski definition) is 7. The van der Waals surface area contributed by atoms with Crippen LogP contribution in [0.3, 0.4) is 0 Å². The van der Waals surface area contributed by atoms with Crippen molar-refractivity contribution in [2.45, 2.75) is 5.75 Å². The molecule has 4 N–H and O–H groups in total. The van der Waals surface area contributed by atoms with Crippen LogP contribution < -0.4 is 10.5 Å². The average molecular weight is 369 g/mol. The molecule has 1 aliphatic rings. The van der Waals surface area contributed by atoms with Crippen molar-refractivity contribution in [3.05, 3.63) is 41.1 Å². The van der Waals surface area contributed by atoms with E-state index < -0.39 is 21.9 Å². The number of benzene rings is 1. The second-order valence-electron chi connectivity index (χ2n) is 5.43. The molecule has 0 spiro atoms. The SMILES string of the molecule is COC(=O)C1=C(Nc2cccc(CS(N)(=O)=O)c2)C(=O)N(CCO)C1. The fourth-order valence-corrected chi connectivity index (χ4v) is 3.11. The Labute approximate surface area is 145 Å². The zero-order valence-electron chi connectivity index (χ0n) is 13.6. The number of hydrogen-bond donors (Lipinski definition) is 3. The topological polar surface area (TPSA) is 139 Å². The number of aliphatic hydroxyl groups excluding tert-OH is 1. The van der Waals surface area contributed by atoms with Gasteiger partial charge in [0.05, 0.1) is 31.6 Å². The molecule has 1 aromatic carbocycles. The zero-order valence-corrected chi connectivity index (χ0v) is 14.4. The number of esters is 1. The summed E-state index contributed by atoms with van der Waals surface area (Å²) in [6.07, 6.45) is 0. The van der Waals surface area contributed by atoms with Gasteiger partial charge in [-0.15, -0.1) is 0 Å². The van der Waals surface area contributed by atoms with Gasteiger partial charge in [-0.3, -0.25) is 4.79 Å². The summed E-state index contributed by atoms with van der Waals surface area (Å²) in [6, 6.07) is 6.33. The van der Waals surface area contributed by atoms with Gasteiger partial charge in [0.1, 0.15) is 5.70 Å². The van der Waals surface area contributed by atoms with Crippen molar-refractivity contribution in [3.63, 3.8) is 0 Å². The van der Waals surface area contributed by atoms with Crippen molar-refractivity contribution in [2.75, 3.05) is 32.1 Å². The Kier molecular flexibility index (Phi) is 5.77. The Bertz CT molecular complexity index is 818. The summed E-state index contributed by atoms with van der Waals surface area (Å²) in [5.74, 6) is -1.46. The van der Waals surface area contributed by atoms with Crippen LogP contribution in [0.15, 0.2) is 35.5 Å². The maximum Gasteiger partial charge on any atom is 0.337 e. The number of carbonyl (C=O) groups excluding carboxylic acids is 2. The number of amides is 1. The average Bonchev–Trinajstić information content (AvgIpc) is 2.83. The highest BCUT2D eigenvalue weighted by molar-refractivity contribution is 7.88. The molecular formula is C15H19N3O6S. The minimum absolute atomic E-state index is 0.0191. The van der Waals surface area contributed by atoms with Crippen molar-refractivity contribution in [3.8, 4) is 0 Å². The first kappa shape index (κ1) is 18.9. The Morgan fingerprint density at radius 2 is 2.16 bits per heavy atom. The summed E-state index contributed by atoms with van der Waals surface area (Å²) in [4.78, 5) is 25.6. The van der Waals surface area contributed by atoms with E-state index in [4.69, 9.17) is 15.0 Å². The third-order valence-electron chi connectivity index (χ3n) is 3.52. The molecule has 0 fully saturated rings. The van der Waals surface area contributed by atoms with Gasteiger partial charge in [0.15, 0.2) is 0 Å². The lowest BCUT2D eigenvalue weighted by molar-refractivity contribution is -0.136. The summed E-state index contributed by atoms with van der Waals surface area (Å²) >= 11 is 0. The molecule has 1 heterocycles. The number of nitrogens with one attached hydrogen (secondary N) is 1. The number of methoxy groups -OCH3 is 1. The molecule has 0 saturated heterocycles. The Morgan fingerprint density at radius 3 is 2.76 bits per heavy atom. The Morgan fingerprint density at radius 1 is 1.44 bits per heavy atom. The van der Waals surface area contributed by atoms with Crippen molar-refractivity contribution in [1.82, 2.24) is 4.90 Å². The molecule has 0 aliphatic carbocycles. The van der Waals surface area contributed by atoms with Crippen molar-refractivity contribution in [2.24, 2.45) is 5.14 Å². The van der Waals surface area contributed by atoms with Crippen LogP contribution >= 0.6 is 0 Å². The lowest BCUT2D eigenvalue weighted by atomic mass is 10.2. The predicted molar refractivity (Wildman–Crippen MR) is 89.6 cm³/mol. The molecular weight excluding hydrogens is 350 g/mol. The molecule has 0 saturated carbocycles. The molecule has 10 heteroatoms. The van der Waals surface area contributed by atoms with Crippen LogP contribution in [0.1, 0.15) is 5.56 Å². The number of nitrogens with zero attached hydrogens (tertiary/aromatic N) is 1. The highest BCUT2D eigenvalue weighted by Gasteiger charge is 2.34. The number of aliphatic hydroxyl groups is 1. The van der Waals surface area contributed by atoms with Crippen LogP contribution in [0.25, 0.3) is 0 Å². The second-order valence-corrected chi connectivity index (χ2v) is 7.04. The highest BCUT2D eigenvalue weighted by Crippen LogP contribution is 2.23. The molecule has 9 nitrogen and oxygen atoms in total. The Balaban J connectivity index is 2.30. The standard InChI is InChI=1S/C15H19N3O6S/c1-24-15(21)12-8-18(5-6-19)14(20)13(12)17-11-4-2-3-10(7-11)9-25(16,22)23/h2-4,7,17,19H,5-6,8-9H2,1H3,(H2,16,22,23). The van der Waals surface area contributed by atoms with E-state index in [0.29, 0.717) is 11.3 Å². The second kappa shape index (κ2) is 7.64. The quantitative estimate of drug-likeness (QED) is 0.532. The van der Waals surface area contributed by atoms with E-state index in [1.54, 1.807) is 18.2 Å². The normalized spacial score (nSPS) is 14.8. The molecule has 1 aromatic rings. The molecule has 0 radical (unpaired) electrons. The number of ether oxygens (including phenoxy) is 1. The number of β-amino-alcohol motifs (C(OH)–C–C–N with tert-alkyl or cyclic N) is 1. The molecule has 2 rings (SSSR count). The lowest BCUT2D eigenvalue weighted by Gasteiger charge is -2.15. The molecule has 136 valence electrons. The van der Waals surface area contributed by atoms with E-state index in [9.17, 15) is 18.0 Å². The van der Waals surface area contributed by atoms with Gasteiger partial charge in [-0.05, 0) is 17.7 Å². The van der Waals surface area contributed by atoms with Gasteiger partial charge in [-0.2, -0.15) is 0 Å². The third-order valence-corrected chi connectivity index (χ3v) is 4.25. The summed E-state index contributed by atoms with van der Waals surface area (Å²) < 4.78 is 27.1. The maximum atomic E-state index is 12.4. The van der Waals surface area contributed by atoms with E-state index in [2.05, 4.69) is 5.32 Å². The minimum Gasteiger partial charge on any atom is -0.466 e. The largest absolute Gasteiger partial charge is 0.466 e. The van der Waals surface area contributed by atoms with Crippen LogP contribution in [-0.4, -0.2) is 57.1 Å². The number of anilines is 1. The van der Waals surface area contributed by atoms with Crippen LogP contribution in [0.2, 0.25) is 0 Å². The summed E-state index contributed by atoms with van der Waals surface area (Å²) in [6.45, 7) is -0.140. The van der Waals surface area contributed by atoms with Gasteiger partial charge in [0.25, 0.3) is 5.91 Å². The van der Waals surface area contributed by atoms with E-state index in [1.165, 1.54) is 18.1 Å². The summed E-state index contributed by atoms with van der Waals surface area (Å²) in [5, 5.41) is 16.9.